The van der Waals surface area contributed by atoms with Crippen LogP contribution in [0, 0.1) is 5.41 Å². The fourth-order valence-electron chi connectivity index (χ4n) is 8.30. The Kier molecular flexibility index (Phi) is 6.91. The number of hydrogen-bond acceptors (Lipinski definition) is 2. The molecule has 0 bridgehead atoms. The van der Waals surface area contributed by atoms with E-state index in [0.717, 1.165) is 66.2 Å². The van der Waals surface area contributed by atoms with Crippen LogP contribution in [0.3, 0.4) is 0 Å². The molecule has 3 aromatic heterocycles. The maximum absolute atomic E-state index is 9.66. The molecule has 0 aliphatic carbocycles. The van der Waals surface area contributed by atoms with Gasteiger partial charge in [-0.15, -0.1) is 0 Å². The first-order chi connectivity index (χ1) is 27.2. The number of amidine groups is 1. The minimum atomic E-state index is 0.136. The first-order valence-electron chi connectivity index (χ1n) is 18.4. The molecule has 0 saturated heterocycles. The van der Waals surface area contributed by atoms with Crippen LogP contribution in [0.1, 0.15) is 5.56 Å². The summed E-state index contributed by atoms with van der Waals surface area (Å²) in [6.07, 6.45) is 0. The lowest BCUT2D eigenvalue weighted by Crippen LogP contribution is -2.17. The highest BCUT2D eigenvalue weighted by Crippen LogP contribution is 2.43. The lowest BCUT2D eigenvalue weighted by Gasteiger charge is -2.14. The fraction of sp³-hybridized carbons (Fsp3) is 0. The molecule has 0 unspecified atom stereocenters. The highest BCUT2D eigenvalue weighted by atomic mass is 15.0. The van der Waals surface area contributed by atoms with Crippen molar-refractivity contribution in [3.63, 3.8) is 0 Å². The van der Waals surface area contributed by atoms with Crippen LogP contribution in [0.4, 0.5) is 0 Å². The Bertz CT molecular complexity index is 3390. The number of nitrogens with zero attached hydrogens (tertiary/aromatic N) is 4. The zero-order chi connectivity index (χ0) is 36.5. The van der Waals surface area contributed by atoms with Crippen LogP contribution in [0.25, 0.3) is 88.0 Å². The Morgan fingerprint density at radius 3 is 2.09 bits per heavy atom. The molecule has 0 fully saturated rings. The van der Waals surface area contributed by atoms with Gasteiger partial charge in [-0.25, -0.2) is 9.98 Å². The summed E-state index contributed by atoms with van der Waals surface area (Å²) in [5, 5.41) is 16.7. The molecule has 3 heterocycles. The van der Waals surface area contributed by atoms with Crippen LogP contribution in [0.2, 0.25) is 0 Å². The second kappa shape index (κ2) is 12.3. The van der Waals surface area contributed by atoms with Gasteiger partial charge in [0, 0.05) is 38.4 Å². The maximum atomic E-state index is 9.66. The summed E-state index contributed by atoms with van der Waals surface area (Å²) in [5.74, 6) is 0.136. The lowest BCUT2D eigenvalue weighted by atomic mass is 10.0. The van der Waals surface area contributed by atoms with E-state index in [1.165, 1.54) is 16.2 Å². The van der Waals surface area contributed by atoms with E-state index in [4.69, 9.17) is 9.98 Å². The number of para-hydroxylation sites is 5. The third kappa shape index (κ3) is 4.85. The van der Waals surface area contributed by atoms with Gasteiger partial charge in [0.05, 0.1) is 38.8 Å². The molecule has 55 heavy (non-hydrogen) atoms. The summed E-state index contributed by atoms with van der Waals surface area (Å²) in [7, 11) is 0. The van der Waals surface area contributed by atoms with Gasteiger partial charge in [0.15, 0.2) is 11.3 Å². The maximum Gasteiger partial charge on any atom is 0.159 e. The number of nitrogens with one attached hydrogen (secondary N) is 2. The molecule has 0 radical (unpaired) electrons. The molecule has 0 atom stereocenters. The Morgan fingerprint density at radius 1 is 0.545 bits per heavy atom. The van der Waals surface area contributed by atoms with E-state index in [9.17, 15) is 5.41 Å². The van der Waals surface area contributed by atoms with Crippen molar-refractivity contribution in [2.45, 2.75) is 0 Å². The van der Waals surface area contributed by atoms with Crippen LogP contribution in [-0.2, 0) is 0 Å². The van der Waals surface area contributed by atoms with E-state index in [1.807, 2.05) is 72.8 Å². The number of aromatic amines is 1. The zero-order valence-corrected chi connectivity index (χ0v) is 29.6. The van der Waals surface area contributed by atoms with Gasteiger partial charge in [-0.3, -0.25) is 5.41 Å². The molecule has 6 heteroatoms. The molecular weight excluding hydrogens is 673 g/mol. The number of benzene rings is 8. The fourth-order valence-corrected chi connectivity index (χ4v) is 8.30. The zero-order valence-electron chi connectivity index (χ0n) is 29.6. The largest absolute Gasteiger partial charge is 0.337 e. The average molecular weight is 705 g/mol. The minimum Gasteiger partial charge on any atom is -0.337 e. The molecule has 0 amide bonds. The van der Waals surface area contributed by atoms with Crippen LogP contribution in [-0.4, -0.2) is 24.9 Å². The Hall–Kier alpha value is -7.57. The van der Waals surface area contributed by atoms with Gasteiger partial charge in [-0.1, -0.05) is 121 Å². The minimum absolute atomic E-state index is 0.136. The quantitative estimate of drug-likeness (QED) is 0.139. The third-order valence-corrected chi connectivity index (χ3v) is 10.7. The Balaban J connectivity index is 1.23. The predicted octanol–water partition coefficient (Wildman–Crippen LogP) is 11.5. The van der Waals surface area contributed by atoms with Gasteiger partial charge in [0.2, 0.25) is 0 Å². The smallest absolute Gasteiger partial charge is 0.159 e. The van der Waals surface area contributed by atoms with Crippen LogP contribution < -0.4 is 5.49 Å². The van der Waals surface area contributed by atoms with Crippen molar-refractivity contribution in [2.75, 3.05) is 0 Å². The molecule has 0 aliphatic rings. The summed E-state index contributed by atoms with van der Waals surface area (Å²) in [4.78, 5) is 13.6. The van der Waals surface area contributed by atoms with E-state index in [2.05, 4.69) is 123 Å². The van der Waals surface area contributed by atoms with Crippen molar-refractivity contribution >= 4 is 71.3 Å². The van der Waals surface area contributed by atoms with E-state index < -0.39 is 0 Å². The second-order valence-corrected chi connectivity index (χ2v) is 13.9. The van der Waals surface area contributed by atoms with Crippen LogP contribution in [0.5, 0.6) is 0 Å². The number of fused-ring (bicyclic) bond motifs is 9. The Morgan fingerprint density at radius 2 is 1.24 bits per heavy atom. The van der Waals surface area contributed by atoms with Crippen LogP contribution in [0.15, 0.2) is 187 Å². The van der Waals surface area contributed by atoms with Gasteiger partial charge < -0.3 is 14.1 Å². The van der Waals surface area contributed by atoms with Gasteiger partial charge in [-0.05, 0) is 71.4 Å². The van der Waals surface area contributed by atoms with Crippen molar-refractivity contribution in [3.8, 4) is 22.6 Å². The first kappa shape index (κ1) is 31.0. The number of H-pyrrole nitrogens is 1. The first-order valence-corrected chi connectivity index (χ1v) is 18.4. The predicted molar refractivity (Wildman–Crippen MR) is 227 cm³/mol. The highest BCUT2D eigenvalue weighted by molar-refractivity contribution is 6.27. The number of aromatic nitrogens is 4. The van der Waals surface area contributed by atoms with Crippen molar-refractivity contribution in [1.29, 1.82) is 5.41 Å². The summed E-state index contributed by atoms with van der Waals surface area (Å²) in [6.45, 7) is 0. The molecule has 0 saturated carbocycles. The van der Waals surface area contributed by atoms with E-state index >= 15 is 0 Å². The monoisotopic (exact) mass is 704 g/mol. The molecular formula is C49H32N6. The van der Waals surface area contributed by atoms with E-state index in [-0.39, 0.29) is 5.84 Å². The van der Waals surface area contributed by atoms with Crippen LogP contribution >= 0.6 is 0 Å². The average Bonchev–Trinajstić information content (AvgIpc) is 3.75. The van der Waals surface area contributed by atoms with Crippen molar-refractivity contribution < 1.29 is 0 Å². The molecule has 6 nitrogen and oxygen atoms in total. The number of rotatable bonds is 4. The summed E-state index contributed by atoms with van der Waals surface area (Å²) < 4.78 is 4.73. The topological polar surface area (TPSA) is 74.8 Å². The second-order valence-electron chi connectivity index (χ2n) is 13.9. The highest BCUT2D eigenvalue weighted by Gasteiger charge is 2.23. The molecule has 0 aliphatic heterocycles. The molecule has 2 N–H and O–H groups in total. The van der Waals surface area contributed by atoms with Gasteiger partial charge in [0.1, 0.15) is 5.69 Å². The van der Waals surface area contributed by atoms with Gasteiger partial charge >= 0.3 is 0 Å². The molecule has 11 rings (SSSR count). The van der Waals surface area contributed by atoms with E-state index in [0.29, 0.717) is 16.7 Å². The molecule has 258 valence electrons. The number of hydrogen-bond donors (Lipinski definition) is 2. The third-order valence-electron chi connectivity index (χ3n) is 10.7. The molecule has 8 aromatic carbocycles. The van der Waals surface area contributed by atoms with Gasteiger partial charge in [0.25, 0.3) is 0 Å². The summed E-state index contributed by atoms with van der Waals surface area (Å²) >= 11 is 0. The summed E-state index contributed by atoms with van der Waals surface area (Å²) in [6, 6.07) is 63.1. The molecule has 11 aromatic rings. The van der Waals surface area contributed by atoms with Gasteiger partial charge in [-0.2, -0.15) is 0 Å². The summed E-state index contributed by atoms with van der Waals surface area (Å²) in [5.41, 5.74) is 11.0. The van der Waals surface area contributed by atoms with Crippen molar-refractivity contribution in [1.82, 2.24) is 19.1 Å². The van der Waals surface area contributed by atoms with E-state index in [1.54, 1.807) is 0 Å². The normalized spacial score (nSPS) is 12.2. The SMILES string of the molecule is N=C(N=c1[nH]c2ccccc2nc1-c1ccccc1)c1ccccc1-n1c2ccccc2c2ccc3c(c4cc5ccccc5cc4n3-c3ccccc3)c21. The Labute approximate surface area is 315 Å². The lowest BCUT2D eigenvalue weighted by molar-refractivity contribution is 1.14. The molecule has 0 spiro atoms. The van der Waals surface area contributed by atoms with Crippen molar-refractivity contribution in [2.24, 2.45) is 4.99 Å². The standard InChI is InChI=1S/C49H32N6/c50-48(53-49-46(31-15-3-1-4-16-31)51-39-23-11-12-24-40(39)52-49)37-22-10-14-26-42(37)55-41-25-13-9-21-35(41)36-27-28-43-45(47(36)55)38-29-32-17-7-8-18-33(32)30-44(38)54(43)34-19-5-2-6-20-34/h1-30H,(H2,50,52,53). The van der Waals surface area contributed by atoms with Crippen molar-refractivity contribution in [3.05, 3.63) is 193 Å².